The number of sulfone groups is 1. The Morgan fingerprint density at radius 2 is 2.17 bits per heavy atom. The van der Waals surface area contributed by atoms with Gasteiger partial charge in [0.15, 0.2) is 9.84 Å². The maximum atomic E-state index is 12.5. The zero-order chi connectivity index (χ0) is 13.3. The van der Waals surface area contributed by atoms with E-state index in [1.807, 2.05) is 25.1 Å². The lowest BCUT2D eigenvalue weighted by atomic mass is 10.1. The minimum absolute atomic E-state index is 0.0201. The minimum Gasteiger partial charge on any atom is -0.380 e. The highest BCUT2D eigenvalue weighted by Gasteiger charge is 2.38. The lowest BCUT2D eigenvalue weighted by molar-refractivity contribution is 0.560. The third-order valence-electron chi connectivity index (χ3n) is 3.39. The molecule has 1 aromatic carbocycles. The second-order valence-electron chi connectivity index (χ2n) is 4.56. The van der Waals surface area contributed by atoms with Crippen molar-refractivity contribution in [3.8, 4) is 6.07 Å². The number of nitrogens with zero attached hydrogens (tertiary/aromatic N) is 1. The third-order valence-corrected chi connectivity index (χ3v) is 5.72. The van der Waals surface area contributed by atoms with Gasteiger partial charge in [-0.3, -0.25) is 0 Å². The molecule has 1 aliphatic rings. The molecule has 0 saturated heterocycles. The van der Waals surface area contributed by atoms with Crippen LogP contribution in [0.3, 0.4) is 0 Å². The summed E-state index contributed by atoms with van der Waals surface area (Å²) in [6.45, 7) is 3.79. The Kier molecular flexibility index (Phi) is 3.31. The number of hydrogen-bond acceptors (Lipinski definition) is 4. The highest BCUT2D eigenvalue weighted by Crippen LogP contribution is 2.34. The van der Waals surface area contributed by atoms with E-state index in [0.717, 1.165) is 12.0 Å². The molecule has 2 atom stereocenters. The zero-order valence-corrected chi connectivity index (χ0v) is 11.3. The van der Waals surface area contributed by atoms with Gasteiger partial charge in [-0.05, 0) is 31.0 Å². The molecule has 4 nitrogen and oxygen atoms in total. The summed E-state index contributed by atoms with van der Waals surface area (Å²) in [5.74, 6) is 0. The van der Waals surface area contributed by atoms with E-state index >= 15 is 0 Å². The van der Waals surface area contributed by atoms with Gasteiger partial charge in [0.1, 0.15) is 0 Å². The smallest absolute Gasteiger partial charge is 0.186 e. The van der Waals surface area contributed by atoms with Gasteiger partial charge in [-0.1, -0.05) is 13.0 Å². The first kappa shape index (κ1) is 12.9. The number of fused-ring (bicyclic) bond motifs is 1. The van der Waals surface area contributed by atoms with E-state index in [0.29, 0.717) is 10.6 Å². The van der Waals surface area contributed by atoms with Gasteiger partial charge in [0.2, 0.25) is 0 Å². The van der Waals surface area contributed by atoms with Crippen LogP contribution >= 0.6 is 0 Å². The van der Waals surface area contributed by atoms with Crippen molar-refractivity contribution >= 4 is 15.5 Å². The highest BCUT2D eigenvalue weighted by atomic mass is 32.2. The first-order valence-corrected chi connectivity index (χ1v) is 7.55. The molecule has 18 heavy (non-hydrogen) atoms. The maximum absolute atomic E-state index is 12.5. The molecule has 2 rings (SSSR count). The standard InChI is InChI=1S/C13H16N2O2S/c1-3-10-4-5-11-13(8-10)18(16,17)12(6-7-14)9(2)15-11/h4-5,8-9,12,15H,3,6H2,1-2H3. The Labute approximate surface area is 108 Å². The van der Waals surface area contributed by atoms with E-state index in [1.54, 1.807) is 13.0 Å². The van der Waals surface area contributed by atoms with Crippen LogP contribution in [0.2, 0.25) is 0 Å². The molecule has 0 amide bonds. The summed E-state index contributed by atoms with van der Waals surface area (Å²) in [6, 6.07) is 7.18. The molecule has 0 radical (unpaired) electrons. The third kappa shape index (κ3) is 1.97. The van der Waals surface area contributed by atoms with E-state index in [2.05, 4.69) is 5.32 Å². The Balaban J connectivity index is 2.57. The molecule has 2 unspecified atom stereocenters. The lowest BCUT2D eigenvalue weighted by Gasteiger charge is -2.31. The van der Waals surface area contributed by atoms with Crippen molar-refractivity contribution in [1.29, 1.82) is 5.26 Å². The monoisotopic (exact) mass is 264 g/mol. The lowest BCUT2D eigenvalue weighted by Crippen LogP contribution is -2.41. The van der Waals surface area contributed by atoms with E-state index < -0.39 is 15.1 Å². The van der Waals surface area contributed by atoms with Crippen LogP contribution in [0.25, 0.3) is 0 Å². The zero-order valence-electron chi connectivity index (χ0n) is 10.5. The van der Waals surface area contributed by atoms with Crippen molar-refractivity contribution in [2.24, 2.45) is 0 Å². The quantitative estimate of drug-likeness (QED) is 0.888. The molecule has 0 saturated carbocycles. The molecule has 0 aliphatic carbocycles. The van der Waals surface area contributed by atoms with Crippen LogP contribution < -0.4 is 5.32 Å². The second-order valence-corrected chi connectivity index (χ2v) is 6.70. The van der Waals surface area contributed by atoms with Crippen molar-refractivity contribution < 1.29 is 8.42 Å². The molecule has 1 aliphatic heterocycles. The van der Waals surface area contributed by atoms with Gasteiger partial charge in [-0.25, -0.2) is 8.42 Å². The summed E-state index contributed by atoms with van der Waals surface area (Å²) in [6.07, 6.45) is 0.813. The fourth-order valence-corrected chi connectivity index (χ4v) is 4.26. The molecule has 96 valence electrons. The molecule has 0 bridgehead atoms. The Morgan fingerprint density at radius 3 is 2.78 bits per heavy atom. The van der Waals surface area contributed by atoms with Gasteiger partial charge in [-0.15, -0.1) is 0 Å². The van der Waals surface area contributed by atoms with Gasteiger partial charge >= 0.3 is 0 Å². The molecular weight excluding hydrogens is 248 g/mol. The van der Waals surface area contributed by atoms with Crippen molar-refractivity contribution in [2.75, 3.05) is 5.32 Å². The topological polar surface area (TPSA) is 70.0 Å². The van der Waals surface area contributed by atoms with Crippen LogP contribution in [-0.2, 0) is 16.3 Å². The van der Waals surface area contributed by atoms with E-state index in [4.69, 9.17) is 5.26 Å². The van der Waals surface area contributed by atoms with E-state index in [-0.39, 0.29) is 12.5 Å². The predicted octanol–water partition coefficient (Wildman–Crippen LogP) is 2.12. The summed E-state index contributed by atoms with van der Waals surface area (Å²) in [5, 5.41) is 11.3. The van der Waals surface area contributed by atoms with Gasteiger partial charge < -0.3 is 5.32 Å². The minimum atomic E-state index is -3.41. The SMILES string of the molecule is CCc1ccc2c(c1)S(=O)(=O)C(CC#N)C(C)N2. The van der Waals surface area contributed by atoms with E-state index in [9.17, 15) is 8.42 Å². The van der Waals surface area contributed by atoms with Crippen LogP contribution in [0.1, 0.15) is 25.8 Å². The molecule has 1 heterocycles. The number of aryl methyl sites for hydroxylation is 1. The molecule has 1 aromatic rings. The first-order chi connectivity index (χ1) is 8.50. The number of rotatable bonds is 2. The van der Waals surface area contributed by atoms with Gasteiger partial charge in [-0.2, -0.15) is 5.26 Å². The van der Waals surface area contributed by atoms with Crippen molar-refractivity contribution in [3.63, 3.8) is 0 Å². The van der Waals surface area contributed by atoms with Crippen LogP contribution in [0.15, 0.2) is 23.1 Å². The van der Waals surface area contributed by atoms with Gasteiger partial charge in [0.05, 0.1) is 28.3 Å². The second kappa shape index (κ2) is 4.62. The summed E-state index contributed by atoms with van der Waals surface area (Å²) >= 11 is 0. The van der Waals surface area contributed by atoms with Gasteiger partial charge in [0.25, 0.3) is 0 Å². The van der Waals surface area contributed by atoms with Crippen LogP contribution in [-0.4, -0.2) is 19.7 Å². The number of anilines is 1. The molecule has 1 N–H and O–H groups in total. The fraction of sp³-hybridized carbons (Fsp3) is 0.462. The number of hydrogen-bond donors (Lipinski definition) is 1. The number of benzene rings is 1. The van der Waals surface area contributed by atoms with Crippen LogP contribution in [0.5, 0.6) is 0 Å². The first-order valence-electron chi connectivity index (χ1n) is 6.01. The highest BCUT2D eigenvalue weighted by molar-refractivity contribution is 7.92. The van der Waals surface area contributed by atoms with Crippen LogP contribution in [0, 0.1) is 11.3 Å². The Bertz CT molecular complexity index is 602. The summed E-state index contributed by atoms with van der Waals surface area (Å²) in [7, 11) is -3.41. The van der Waals surface area contributed by atoms with Gasteiger partial charge in [0, 0.05) is 6.04 Å². The van der Waals surface area contributed by atoms with Crippen molar-refractivity contribution in [2.45, 2.75) is 42.9 Å². The summed E-state index contributed by atoms with van der Waals surface area (Å²) < 4.78 is 25.0. The molecule has 0 aromatic heterocycles. The van der Waals surface area contributed by atoms with Crippen molar-refractivity contribution in [1.82, 2.24) is 0 Å². The molecule has 0 spiro atoms. The molecule has 5 heteroatoms. The molecular formula is C13H16N2O2S. The van der Waals surface area contributed by atoms with Crippen LogP contribution in [0.4, 0.5) is 5.69 Å². The fourth-order valence-electron chi connectivity index (χ4n) is 2.29. The summed E-state index contributed by atoms with van der Waals surface area (Å²) in [5.41, 5.74) is 1.64. The Morgan fingerprint density at radius 1 is 1.44 bits per heavy atom. The Hall–Kier alpha value is -1.54. The predicted molar refractivity (Wildman–Crippen MR) is 70.1 cm³/mol. The largest absolute Gasteiger partial charge is 0.380 e. The maximum Gasteiger partial charge on any atom is 0.186 e. The average molecular weight is 264 g/mol. The molecule has 0 fully saturated rings. The average Bonchev–Trinajstić information content (AvgIpc) is 2.34. The normalized spacial score (nSPS) is 24.7. The summed E-state index contributed by atoms with van der Waals surface area (Å²) in [4.78, 5) is 0.334. The van der Waals surface area contributed by atoms with Crippen molar-refractivity contribution in [3.05, 3.63) is 23.8 Å². The number of nitriles is 1. The number of nitrogens with one attached hydrogen (secondary N) is 1. The van der Waals surface area contributed by atoms with E-state index in [1.165, 1.54) is 0 Å².